The van der Waals surface area contributed by atoms with E-state index in [1.165, 1.54) is 0 Å². The topological polar surface area (TPSA) is 89.4 Å². The highest BCUT2D eigenvalue weighted by atomic mass is 16.1. The van der Waals surface area contributed by atoms with E-state index in [2.05, 4.69) is 0 Å². The molecule has 0 spiro atoms. The van der Waals surface area contributed by atoms with Crippen molar-refractivity contribution in [2.24, 2.45) is 23.3 Å². The van der Waals surface area contributed by atoms with E-state index in [-0.39, 0.29) is 30.2 Å². The minimum atomic E-state index is -0.329. The Hall–Kier alpha value is -1.88. The van der Waals surface area contributed by atoms with Crippen molar-refractivity contribution in [3.05, 3.63) is 35.9 Å². The number of carbonyl (C=O) groups is 2. The van der Waals surface area contributed by atoms with Gasteiger partial charge in [0.2, 0.25) is 11.8 Å². The van der Waals surface area contributed by atoms with Crippen LogP contribution in [0.25, 0.3) is 0 Å². The highest BCUT2D eigenvalue weighted by Crippen LogP contribution is 2.26. The minimum Gasteiger partial charge on any atom is -0.369 e. The zero-order chi connectivity index (χ0) is 14.5. The first-order valence-electron chi connectivity index (χ1n) is 6.90. The quantitative estimate of drug-likeness (QED) is 0.773. The summed E-state index contributed by atoms with van der Waals surface area (Å²) >= 11 is 0. The average molecular weight is 275 g/mol. The summed E-state index contributed by atoms with van der Waals surface area (Å²) in [5.74, 6) is -0.577. The average Bonchev–Trinajstić information content (AvgIpc) is 2.84. The Morgan fingerprint density at radius 3 is 2.55 bits per heavy atom. The van der Waals surface area contributed by atoms with Crippen molar-refractivity contribution < 1.29 is 9.59 Å². The molecule has 2 atom stereocenters. The second-order valence-corrected chi connectivity index (χ2v) is 5.45. The van der Waals surface area contributed by atoms with Gasteiger partial charge in [-0.3, -0.25) is 14.5 Å². The number of primary amides is 2. The van der Waals surface area contributed by atoms with E-state index in [4.69, 9.17) is 11.5 Å². The summed E-state index contributed by atoms with van der Waals surface area (Å²) in [5.41, 5.74) is 11.9. The molecule has 4 N–H and O–H groups in total. The molecule has 2 rings (SSSR count). The molecule has 2 unspecified atom stereocenters. The van der Waals surface area contributed by atoms with Crippen LogP contribution in [0.1, 0.15) is 12.0 Å². The van der Waals surface area contributed by atoms with Gasteiger partial charge in [-0.2, -0.15) is 0 Å². The standard InChI is InChI=1S/C15H21N3O2/c16-14(19)10-18-7-6-12(9-18)13(15(17)20)8-11-4-2-1-3-5-11/h1-5,12-13H,6-10H2,(H2,16,19)(H2,17,20). The first kappa shape index (κ1) is 14.5. The predicted octanol–water partition coefficient (Wildman–Crippen LogP) is 0.138. The van der Waals surface area contributed by atoms with E-state index < -0.39 is 0 Å². The predicted molar refractivity (Wildman–Crippen MR) is 76.6 cm³/mol. The van der Waals surface area contributed by atoms with Gasteiger partial charge in [-0.05, 0) is 30.9 Å². The lowest BCUT2D eigenvalue weighted by Crippen LogP contribution is -2.36. The Bertz CT molecular complexity index is 475. The van der Waals surface area contributed by atoms with Gasteiger partial charge in [0.1, 0.15) is 0 Å². The van der Waals surface area contributed by atoms with Gasteiger partial charge < -0.3 is 11.5 Å². The van der Waals surface area contributed by atoms with Gasteiger partial charge in [-0.1, -0.05) is 30.3 Å². The molecular weight excluding hydrogens is 254 g/mol. The van der Waals surface area contributed by atoms with Crippen molar-refractivity contribution in [1.29, 1.82) is 0 Å². The third-order valence-electron chi connectivity index (χ3n) is 3.92. The molecule has 2 amide bonds. The Kier molecular flexibility index (Phi) is 4.74. The molecular formula is C15H21N3O2. The molecule has 0 bridgehead atoms. The van der Waals surface area contributed by atoms with Crippen LogP contribution in [-0.4, -0.2) is 36.3 Å². The molecule has 20 heavy (non-hydrogen) atoms. The van der Waals surface area contributed by atoms with Gasteiger partial charge in [0.15, 0.2) is 0 Å². The molecule has 108 valence electrons. The number of benzene rings is 1. The van der Waals surface area contributed by atoms with Gasteiger partial charge in [-0.15, -0.1) is 0 Å². The maximum atomic E-state index is 11.7. The van der Waals surface area contributed by atoms with Crippen molar-refractivity contribution in [3.63, 3.8) is 0 Å². The van der Waals surface area contributed by atoms with Crippen LogP contribution < -0.4 is 11.5 Å². The summed E-state index contributed by atoms with van der Waals surface area (Å²) in [6.45, 7) is 1.77. The number of carbonyl (C=O) groups excluding carboxylic acids is 2. The highest BCUT2D eigenvalue weighted by molar-refractivity contribution is 5.77. The van der Waals surface area contributed by atoms with Crippen molar-refractivity contribution in [3.8, 4) is 0 Å². The van der Waals surface area contributed by atoms with Gasteiger partial charge in [0, 0.05) is 12.5 Å². The Morgan fingerprint density at radius 1 is 1.25 bits per heavy atom. The molecule has 1 saturated heterocycles. The first-order chi connectivity index (χ1) is 9.56. The third-order valence-corrected chi connectivity index (χ3v) is 3.92. The Balaban J connectivity index is 1.99. The number of nitrogens with zero attached hydrogens (tertiary/aromatic N) is 1. The smallest absolute Gasteiger partial charge is 0.231 e. The summed E-state index contributed by atoms with van der Waals surface area (Å²) in [7, 11) is 0. The maximum Gasteiger partial charge on any atom is 0.231 e. The van der Waals surface area contributed by atoms with Crippen molar-refractivity contribution >= 4 is 11.8 Å². The van der Waals surface area contributed by atoms with E-state index in [1.54, 1.807) is 0 Å². The monoisotopic (exact) mass is 275 g/mol. The summed E-state index contributed by atoms with van der Waals surface area (Å²) < 4.78 is 0. The van der Waals surface area contributed by atoms with E-state index in [1.807, 2.05) is 35.2 Å². The van der Waals surface area contributed by atoms with E-state index >= 15 is 0 Å². The van der Waals surface area contributed by atoms with Crippen LogP contribution in [0.3, 0.4) is 0 Å². The van der Waals surface area contributed by atoms with Crippen LogP contribution in [-0.2, 0) is 16.0 Å². The zero-order valence-corrected chi connectivity index (χ0v) is 11.5. The fourth-order valence-electron chi connectivity index (χ4n) is 2.92. The van der Waals surface area contributed by atoms with Crippen molar-refractivity contribution in [2.75, 3.05) is 19.6 Å². The van der Waals surface area contributed by atoms with Crippen molar-refractivity contribution in [1.82, 2.24) is 4.90 Å². The number of hydrogen-bond acceptors (Lipinski definition) is 3. The lowest BCUT2D eigenvalue weighted by Gasteiger charge is -2.21. The van der Waals surface area contributed by atoms with Gasteiger partial charge >= 0.3 is 0 Å². The molecule has 0 radical (unpaired) electrons. The highest BCUT2D eigenvalue weighted by Gasteiger charge is 2.33. The van der Waals surface area contributed by atoms with Gasteiger partial charge in [0.25, 0.3) is 0 Å². The lowest BCUT2D eigenvalue weighted by atomic mass is 9.85. The largest absolute Gasteiger partial charge is 0.369 e. The SMILES string of the molecule is NC(=O)CN1CCC(C(Cc2ccccc2)C(N)=O)C1. The first-order valence-corrected chi connectivity index (χ1v) is 6.90. The number of amides is 2. The molecule has 0 aliphatic carbocycles. The molecule has 5 nitrogen and oxygen atoms in total. The van der Waals surface area contributed by atoms with E-state index in [0.717, 1.165) is 18.5 Å². The van der Waals surface area contributed by atoms with Crippen LogP contribution in [0, 0.1) is 11.8 Å². The van der Waals surface area contributed by atoms with Crippen LogP contribution in [0.4, 0.5) is 0 Å². The van der Waals surface area contributed by atoms with Crippen LogP contribution in [0.2, 0.25) is 0 Å². The summed E-state index contributed by atoms with van der Waals surface area (Å²) in [6.07, 6.45) is 1.54. The van der Waals surface area contributed by atoms with E-state index in [0.29, 0.717) is 13.0 Å². The second-order valence-electron chi connectivity index (χ2n) is 5.45. The number of rotatable bonds is 6. The molecule has 1 aliphatic heterocycles. The molecule has 1 fully saturated rings. The molecule has 1 aliphatic rings. The summed E-state index contributed by atoms with van der Waals surface area (Å²) in [5, 5.41) is 0. The van der Waals surface area contributed by atoms with Crippen molar-refractivity contribution in [2.45, 2.75) is 12.8 Å². The Morgan fingerprint density at radius 2 is 1.95 bits per heavy atom. The Labute approximate surface area is 118 Å². The molecule has 1 aromatic carbocycles. The van der Waals surface area contributed by atoms with Crippen LogP contribution in [0.5, 0.6) is 0 Å². The molecule has 0 aromatic heterocycles. The number of nitrogens with two attached hydrogens (primary N) is 2. The fourth-order valence-corrected chi connectivity index (χ4v) is 2.92. The number of hydrogen-bond donors (Lipinski definition) is 2. The number of likely N-dealkylation sites (tertiary alicyclic amines) is 1. The minimum absolute atomic E-state index is 0.185. The molecule has 0 saturated carbocycles. The van der Waals surface area contributed by atoms with E-state index in [9.17, 15) is 9.59 Å². The van der Waals surface area contributed by atoms with Crippen LogP contribution in [0.15, 0.2) is 30.3 Å². The van der Waals surface area contributed by atoms with Crippen LogP contribution >= 0.6 is 0 Å². The lowest BCUT2D eigenvalue weighted by molar-refractivity contribution is -0.123. The molecule has 5 heteroatoms. The second kappa shape index (κ2) is 6.52. The maximum absolute atomic E-state index is 11.7. The summed E-state index contributed by atoms with van der Waals surface area (Å²) in [6, 6.07) is 9.88. The summed E-state index contributed by atoms with van der Waals surface area (Å²) in [4.78, 5) is 24.7. The van der Waals surface area contributed by atoms with Gasteiger partial charge in [-0.25, -0.2) is 0 Å². The van der Waals surface area contributed by atoms with Gasteiger partial charge in [0.05, 0.1) is 6.54 Å². The molecule has 1 heterocycles. The molecule has 1 aromatic rings. The normalized spacial score (nSPS) is 20.7. The zero-order valence-electron chi connectivity index (χ0n) is 11.5. The third kappa shape index (κ3) is 3.81. The fraction of sp³-hybridized carbons (Fsp3) is 0.467.